The first-order chi connectivity index (χ1) is 11.5. The Morgan fingerprint density at radius 3 is 2.29 bits per heavy atom. The summed E-state index contributed by atoms with van der Waals surface area (Å²) < 4.78 is 27.2. The number of piperidine rings is 1. The normalized spacial score (nSPS) is 17.2. The molecule has 0 N–H and O–H groups in total. The van der Waals surface area contributed by atoms with Crippen LogP contribution in [-0.4, -0.2) is 36.0 Å². The number of aromatic nitrogens is 2. The predicted molar refractivity (Wildman–Crippen MR) is 95.8 cm³/mol. The zero-order valence-electron chi connectivity index (χ0n) is 14.1. The maximum absolute atomic E-state index is 12.8. The van der Waals surface area contributed by atoms with Crippen molar-refractivity contribution in [1.29, 1.82) is 0 Å². The molecule has 1 aliphatic heterocycles. The topological polar surface area (TPSA) is 63.2 Å². The summed E-state index contributed by atoms with van der Waals surface area (Å²) in [6.45, 7) is 5.22. The van der Waals surface area contributed by atoms with Crippen molar-refractivity contribution in [2.45, 2.75) is 50.3 Å². The molecule has 0 amide bonds. The molecule has 7 heteroatoms. The van der Waals surface area contributed by atoms with Gasteiger partial charge >= 0.3 is 0 Å². The van der Waals surface area contributed by atoms with Gasteiger partial charge in [-0.1, -0.05) is 26.0 Å². The van der Waals surface area contributed by atoms with Crippen LogP contribution < -0.4 is 0 Å². The van der Waals surface area contributed by atoms with Gasteiger partial charge in [-0.2, -0.15) is 4.31 Å². The monoisotopic (exact) mass is 365 g/mol. The lowest BCUT2D eigenvalue weighted by atomic mass is 9.99. The quantitative estimate of drug-likeness (QED) is 0.816. The summed E-state index contributed by atoms with van der Waals surface area (Å²) in [6, 6.07) is 7.23. The van der Waals surface area contributed by atoms with Crippen LogP contribution in [0.25, 0.3) is 0 Å². The molecule has 0 aliphatic carbocycles. The number of hydrogen-bond donors (Lipinski definition) is 0. The van der Waals surface area contributed by atoms with E-state index >= 15 is 0 Å². The molecular weight excluding hydrogens is 342 g/mol. The third kappa shape index (κ3) is 3.53. The average molecular weight is 366 g/mol. The first-order valence-corrected chi connectivity index (χ1v) is 10.7. The molecule has 0 bridgehead atoms. The minimum absolute atomic E-state index is 0.330. The number of benzene rings is 1. The largest absolute Gasteiger partial charge is 0.243 e. The fourth-order valence-corrected chi connectivity index (χ4v) is 5.38. The first-order valence-electron chi connectivity index (χ1n) is 8.46. The average Bonchev–Trinajstić information content (AvgIpc) is 3.11. The molecule has 3 rings (SSSR count). The molecule has 1 aromatic carbocycles. The highest BCUT2D eigenvalue weighted by Gasteiger charge is 2.31. The molecule has 5 nitrogen and oxygen atoms in total. The maximum atomic E-state index is 12.8. The highest BCUT2D eigenvalue weighted by atomic mass is 32.2. The smallest absolute Gasteiger partial charge is 0.207 e. The molecule has 1 aromatic heterocycles. The van der Waals surface area contributed by atoms with Crippen molar-refractivity contribution in [3.05, 3.63) is 39.8 Å². The van der Waals surface area contributed by atoms with E-state index in [1.165, 1.54) is 0 Å². The van der Waals surface area contributed by atoms with E-state index < -0.39 is 10.0 Å². The van der Waals surface area contributed by atoms with Crippen LogP contribution in [0.3, 0.4) is 0 Å². The summed E-state index contributed by atoms with van der Waals surface area (Å²) in [5.74, 6) is 0.330. The van der Waals surface area contributed by atoms with Gasteiger partial charge < -0.3 is 0 Å². The second-order valence-electron chi connectivity index (χ2n) is 6.06. The lowest BCUT2D eigenvalue weighted by Crippen LogP contribution is -2.37. The number of nitrogens with zero attached hydrogens (tertiary/aromatic N) is 3. The van der Waals surface area contributed by atoms with Gasteiger partial charge in [0.1, 0.15) is 10.0 Å². The predicted octanol–water partition coefficient (Wildman–Crippen LogP) is 3.23. The van der Waals surface area contributed by atoms with Gasteiger partial charge in [0.15, 0.2) is 0 Å². The van der Waals surface area contributed by atoms with Crippen LogP contribution in [0.2, 0.25) is 0 Å². The van der Waals surface area contributed by atoms with E-state index in [1.807, 2.05) is 12.1 Å². The number of aryl methyl sites for hydroxylation is 2. The van der Waals surface area contributed by atoms with Crippen LogP contribution in [0.5, 0.6) is 0 Å². The molecule has 0 radical (unpaired) electrons. The zero-order valence-corrected chi connectivity index (χ0v) is 15.7. The van der Waals surface area contributed by atoms with Crippen LogP contribution in [0.1, 0.15) is 48.2 Å². The Bertz CT molecular complexity index is 776. The molecule has 0 atom stereocenters. The van der Waals surface area contributed by atoms with Crippen molar-refractivity contribution in [2.24, 2.45) is 0 Å². The SMILES string of the molecule is CCc1ccc(S(=O)(=O)N2CCC(c3nnc(CC)s3)CC2)cc1. The Morgan fingerprint density at radius 2 is 1.75 bits per heavy atom. The van der Waals surface area contributed by atoms with E-state index in [0.717, 1.165) is 41.3 Å². The lowest BCUT2D eigenvalue weighted by molar-refractivity contribution is 0.318. The van der Waals surface area contributed by atoms with E-state index in [4.69, 9.17) is 0 Å². The molecule has 1 fully saturated rings. The molecule has 1 saturated heterocycles. The lowest BCUT2D eigenvalue weighted by Gasteiger charge is -2.30. The van der Waals surface area contributed by atoms with Crippen LogP contribution in [0.4, 0.5) is 0 Å². The van der Waals surface area contributed by atoms with Gasteiger partial charge in [-0.15, -0.1) is 21.5 Å². The third-order valence-electron chi connectivity index (χ3n) is 4.56. The van der Waals surface area contributed by atoms with E-state index in [-0.39, 0.29) is 0 Å². The summed E-state index contributed by atoms with van der Waals surface area (Å²) in [6.07, 6.45) is 3.43. The fourth-order valence-electron chi connectivity index (χ4n) is 2.96. The van der Waals surface area contributed by atoms with Crippen molar-refractivity contribution >= 4 is 21.4 Å². The molecular formula is C17H23N3O2S2. The van der Waals surface area contributed by atoms with Gasteiger partial charge in [-0.05, 0) is 43.4 Å². The summed E-state index contributed by atoms with van der Waals surface area (Å²) in [4.78, 5) is 0.391. The van der Waals surface area contributed by atoms with Crippen LogP contribution in [-0.2, 0) is 22.9 Å². The summed E-state index contributed by atoms with van der Waals surface area (Å²) in [5.41, 5.74) is 1.15. The second-order valence-corrected chi connectivity index (χ2v) is 9.10. The van der Waals surface area contributed by atoms with Crippen LogP contribution in [0, 0.1) is 0 Å². The first kappa shape index (κ1) is 17.5. The molecule has 1 aliphatic rings. The Balaban J connectivity index is 1.68. The summed E-state index contributed by atoms with van der Waals surface area (Å²) in [5, 5.41) is 10.6. The zero-order chi connectivity index (χ0) is 17.2. The molecule has 24 heavy (non-hydrogen) atoms. The summed E-state index contributed by atoms with van der Waals surface area (Å²) >= 11 is 1.66. The molecule has 0 saturated carbocycles. The van der Waals surface area contributed by atoms with Gasteiger partial charge in [0.05, 0.1) is 4.90 Å². The number of rotatable bonds is 5. The Morgan fingerprint density at radius 1 is 1.08 bits per heavy atom. The fraction of sp³-hybridized carbons (Fsp3) is 0.529. The van der Waals surface area contributed by atoms with Crippen molar-refractivity contribution in [1.82, 2.24) is 14.5 Å². The van der Waals surface area contributed by atoms with E-state index in [9.17, 15) is 8.42 Å². The number of hydrogen-bond acceptors (Lipinski definition) is 5. The minimum atomic E-state index is -3.39. The van der Waals surface area contributed by atoms with Gasteiger partial charge in [0.2, 0.25) is 10.0 Å². The minimum Gasteiger partial charge on any atom is -0.207 e. The van der Waals surface area contributed by atoms with Crippen molar-refractivity contribution in [3.63, 3.8) is 0 Å². The molecule has 0 unspecified atom stereocenters. The van der Waals surface area contributed by atoms with Crippen molar-refractivity contribution in [3.8, 4) is 0 Å². The van der Waals surface area contributed by atoms with Gasteiger partial charge in [0, 0.05) is 19.0 Å². The molecule has 2 heterocycles. The summed E-state index contributed by atoms with van der Waals surface area (Å²) in [7, 11) is -3.39. The van der Waals surface area contributed by atoms with Gasteiger partial charge in [-0.3, -0.25) is 0 Å². The van der Waals surface area contributed by atoms with E-state index in [0.29, 0.717) is 23.9 Å². The standard InChI is InChI=1S/C17H23N3O2S2/c1-3-13-5-7-15(8-6-13)24(21,22)20-11-9-14(10-12-20)17-19-18-16(4-2)23-17/h5-8,14H,3-4,9-12H2,1-2H3. The van der Waals surface area contributed by atoms with E-state index in [2.05, 4.69) is 24.0 Å². The van der Waals surface area contributed by atoms with Gasteiger partial charge in [-0.25, -0.2) is 8.42 Å². The van der Waals surface area contributed by atoms with Crippen LogP contribution in [0.15, 0.2) is 29.2 Å². The molecule has 0 spiro atoms. The van der Waals surface area contributed by atoms with Crippen LogP contribution >= 0.6 is 11.3 Å². The van der Waals surface area contributed by atoms with Gasteiger partial charge in [0.25, 0.3) is 0 Å². The second kappa shape index (κ2) is 7.29. The highest BCUT2D eigenvalue weighted by Crippen LogP contribution is 2.32. The Labute approximate surface area is 147 Å². The molecule has 2 aromatic rings. The van der Waals surface area contributed by atoms with Crippen molar-refractivity contribution in [2.75, 3.05) is 13.1 Å². The highest BCUT2D eigenvalue weighted by molar-refractivity contribution is 7.89. The number of sulfonamides is 1. The maximum Gasteiger partial charge on any atom is 0.243 e. The molecule has 130 valence electrons. The Kier molecular flexibility index (Phi) is 5.32. The van der Waals surface area contributed by atoms with Crippen molar-refractivity contribution < 1.29 is 8.42 Å². The third-order valence-corrected chi connectivity index (χ3v) is 7.70. The van der Waals surface area contributed by atoms with E-state index in [1.54, 1.807) is 27.8 Å². The Hall–Kier alpha value is -1.31.